The molecule has 1 N–H and O–H groups in total. The number of β-amino-alcohol motifs (C(OH)–C–C–N with tert-alkyl or cyclic N) is 1. The van der Waals surface area contributed by atoms with Crippen molar-refractivity contribution in [2.45, 2.75) is 18.6 Å². The second-order valence-electron chi connectivity index (χ2n) is 3.66. The standard InChI is InChI=1S/C9H15NO4/c11-7-1-2-10(5-7)9(12)8-6-13-3-4-14-8/h7-8,11H,1-6H2/t7-,8?/m1/s1. The molecule has 2 heterocycles. The summed E-state index contributed by atoms with van der Waals surface area (Å²) in [5.41, 5.74) is 0. The Labute approximate surface area is 82.6 Å². The van der Waals surface area contributed by atoms with Crippen LogP contribution in [0.2, 0.25) is 0 Å². The minimum atomic E-state index is -0.464. The normalized spacial score (nSPS) is 33.4. The second kappa shape index (κ2) is 4.25. The summed E-state index contributed by atoms with van der Waals surface area (Å²) < 4.78 is 10.4. The summed E-state index contributed by atoms with van der Waals surface area (Å²) in [4.78, 5) is 13.4. The Kier molecular flexibility index (Phi) is 3.00. The molecule has 0 bridgehead atoms. The number of ether oxygens (including phenoxy) is 2. The number of carbonyl (C=O) groups is 1. The van der Waals surface area contributed by atoms with Crippen LogP contribution in [0.4, 0.5) is 0 Å². The quantitative estimate of drug-likeness (QED) is 0.591. The Balaban J connectivity index is 1.87. The lowest BCUT2D eigenvalue weighted by atomic mass is 10.3. The molecular formula is C9H15NO4. The summed E-state index contributed by atoms with van der Waals surface area (Å²) in [6.45, 7) is 2.43. The zero-order valence-electron chi connectivity index (χ0n) is 8.02. The smallest absolute Gasteiger partial charge is 0.254 e. The van der Waals surface area contributed by atoms with E-state index in [4.69, 9.17) is 9.47 Å². The largest absolute Gasteiger partial charge is 0.391 e. The zero-order chi connectivity index (χ0) is 9.97. The van der Waals surface area contributed by atoms with Crippen LogP contribution in [0.25, 0.3) is 0 Å². The van der Waals surface area contributed by atoms with E-state index in [0.29, 0.717) is 39.3 Å². The van der Waals surface area contributed by atoms with Gasteiger partial charge in [-0.15, -0.1) is 0 Å². The number of likely N-dealkylation sites (tertiary alicyclic amines) is 1. The van der Waals surface area contributed by atoms with Gasteiger partial charge in [-0.2, -0.15) is 0 Å². The van der Waals surface area contributed by atoms with Crippen LogP contribution in [-0.4, -0.2) is 61.0 Å². The number of aliphatic hydroxyl groups excluding tert-OH is 1. The van der Waals surface area contributed by atoms with Gasteiger partial charge in [-0.25, -0.2) is 0 Å². The number of nitrogens with zero attached hydrogens (tertiary/aromatic N) is 1. The maximum atomic E-state index is 11.8. The van der Waals surface area contributed by atoms with Gasteiger partial charge in [0, 0.05) is 13.1 Å². The molecule has 2 fully saturated rings. The van der Waals surface area contributed by atoms with Gasteiger partial charge in [0.05, 0.1) is 25.9 Å². The highest BCUT2D eigenvalue weighted by Gasteiger charge is 2.31. The molecule has 0 spiro atoms. The fourth-order valence-corrected chi connectivity index (χ4v) is 1.78. The van der Waals surface area contributed by atoms with Gasteiger partial charge in [0.1, 0.15) is 0 Å². The van der Waals surface area contributed by atoms with Gasteiger partial charge < -0.3 is 19.5 Å². The van der Waals surface area contributed by atoms with Crippen LogP contribution in [0.1, 0.15) is 6.42 Å². The number of hydrogen-bond donors (Lipinski definition) is 1. The van der Waals surface area contributed by atoms with Crippen LogP contribution in [-0.2, 0) is 14.3 Å². The third-order valence-corrected chi connectivity index (χ3v) is 2.57. The van der Waals surface area contributed by atoms with Crippen molar-refractivity contribution in [1.82, 2.24) is 4.90 Å². The highest BCUT2D eigenvalue weighted by atomic mass is 16.6. The van der Waals surface area contributed by atoms with Crippen LogP contribution < -0.4 is 0 Å². The summed E-state index contributed by atoms with van der Waals surface area (Å²) in [6, 6.07) is 0. The maximum absolute atomic E-state index is 11.8. The first-order valence-electron chi connectivity index (χ1n) is 4.93. The molecule has 2 aliphatic heterocycles. The van der Waals surface area contributed by atoms with E-state index in [2.05, 4.69) is 0 Å². The molecule has 80 valence electrons. The predicted molar refractivity (Wildman–Crippen MR) is 47.8 cm³/mol. The zero-order valence-corrected chi connectivity index (χ0v) is 8.02. The highest BCUT2D eigenvalue weighted by Crippen LogP contribution is 2.13. The fraction of sp³-hybridized carbons (Fsp3) is 0.889. The van der Waals surface area contributed by atoms with E-state index in [1.165, 1.54) is 0 Å². The van der Waals surface area contributed by atoms with Gasteiger partial charge >= 0.3 is 0 Å². The number of hydrogen-bond acceptors (Lipinski definition) is 4. The maximum Gasteiger partial charge on any atom is 0.254 e. The Morgan fingerprint density at radius 3 is 2.86 bits per heavy atom. The van der Waals surface area contributed by atoms with Crippen molar-refractivity contribution >= 4 is 5.91 Å². The molecule has 0 radical (unpaired) electrons. The SMILES string of the molecule is O=C(C1COCCO1)N1CC[C@@H](O)C1. The molecule has 2 atom stereocenters. The lowest BCUT2D eigenvalue weighted by Gasteiger charge is -2.26. The average Bonchev–Trinajstić information content (AvgIpc) is 2.65. The van der Waals surface area contributed by atoms with Gasteiger partial charge in [-0.1, -0.05) is 0 Å². The van der Waals surface area contributed by atoms with Crippen LogP contribution in [0.15, 0.2) is 0 Å². The fourth-order valence-electron chi connectivity index (χ4n) is 1.78. The monoisotopic (exact) mass is 201 g/mol. The van der Waals surface area contributed by atoms with Crippen molar-refractivity contribution in [2.75, 3.05) is 32.9 Å². The number of rotatable bonds is 1. The van der Waals surface area contributed by atoms with E-state index < -0.39 is 6.10 Å². The number of carbonyl (C=O) groups excluding carboxylic acids is 1. The lowest BCUT2D eigenvalue weighted by molar-refractivity contribution is -0.157. The van der Waals surface area contributed by atoms with Crippen LogP contribution >= 0.6 is 0 Å². The molecule has 0 aromatic heterocycles. The summed E-state index contributed by atoms with van der Waals surface area (Å²) >= 11 is 0. The first kappa shape index (κ1) is 9.89. The molecule has 2 aliphatic rings. The molecule has 5 heteroatoms. The van der Waals surface area contributed by atoms with Crippen LogP contribution in [0, 0.1) is 0 Å². The minimum absolute atomic E-state index is 0.0544. The molecule has 2 saturated heterocycles. The average molecular weight is 201 g/mol. The van der Waals surface area contributed by atoms with Crippen molar-refractivity contribution in [3.63, 3.8) is 0 Å². The Morgan fingerprint density at radius 2 is 2.29 bits per heavy atom. The first-order valence-corrected chi connectivity index (χ1v) is 4.93. The third-order valence-electron chi connectivity index (χ3n) is 2.57. The Hall–Kier alpha value is -0.650. The van der Waals surface area contributed by atoms with Gasteiger partial charge in [0.15, 0.2) is 6.10 Å². The van der Waals surface area contributed by atoms with Crippen LogP contribution in [0.5, 0.6) is 0 Å². The van der Waals surface area contributed by atoms with E-state index in [1.807, 2.05) is 0 Å². The van der Waals surface area contributed by atoms with Crippen molar-refractivity contribution < 1.29 is 19.4 Å². The first-order chi connectivity index (χ1) is 6.77. The van der Waals surface area contributed by atoms with Gasteiger partial charge in [0.25, 0.3) is 5.91 Å². The number of aliphatic hydroxyl groups is 1. The molecule has 1 amide bonds. The highest BCUT2D eigenvalue weighted by molar-refractivity contribution is 5.81. The molecule has 1 unspecified atom stereocenters. The van der Waals surface area contributed by atoms with E-state index in [1.54, 1.807) is 4.90 Å². The predicted octanol–water partition coefficient (Wildman–Crippen LogP) is -1.01. The summed E-state index contributed by atoms with van der Waals surface area (Å²) in [6.07, 6.45) is -0.170. The number of amides is 1. The van der Waals surface area contributed by atoms with Crippen molar-refractivity contribution in [1.29, 1.82) is 0 Å². The molecule has 0 aromatic rings. The third kappa shape index (κ3) is 2.05. The minimum Gasteiger partial charge on any atom is -0.391 e. The second-order valence-corrected chi connectivity index (χ2v) is 3.66. The molecular weight excluding hydrogens is 186 g/mol. The van der Waals surface area contributed by atoms with Gasteiger partial charge in [-0.05, 0) is 6.42 Å². The molecule has 0 aromatic carbocycles. The Morgan fingerprint density at radius 1 is 1.43 bits per heavy atom. The molecule has 2 rings (SSSR count). The van der Waals surface area contributed by atoms with Gasteiger partial charge in [-0.3, -0.25) is 4.79 Å². The summed E-state index contributed by atoms with van der Waals surface area (Å²) in [7, 11) is 0. The molecule has 0 saturated carbocycles. The van der Waals surface area contributed by atoms with Crippen molar-refractivity contribution in [2.24, 2.45) is 0 Å². The van der Waals surface area contributed by atoms with E-state index in [9.17, 15) is 9.90 Å². The lowest BCUT2D eigenvalue weighted by Crippen LogP contribution is -2.44. The van der Waals surface area contributed by atoms with Crippen molar-refractivity contribution in [3.8, 4) is 0 Å². The topological polar surface area (TPSA) is 59.0 Å². The van der Waals surface area contributed by atoms with E-state index >= 15 is 0 Å². The van der Waals surface area contributed by atoms with Crippen LogP contribution in [0.3, 0.4) is 0 Å². The Bertz CT molecular complexity index is 208. The van der Waals surface area contributed by atoms with E-state index in [0.717, 1.165) is 0 Å². The van der Waals surface area contributed by atoms with Gasteiger partial charge in [0.2, 0.25) is 0 Å². The molecule has 0 aliphatic carbocycles. The van der Waals surface area contributed by atoms with E-state index in [-0.39, 0.29) is 12.0 Å². The summed E-state index contributed by atoms with van der Waals surface area (Å²) in [5, 5.41) is 9.28. The molecule has 5 nitrogen and oxygen atoms in total. The van der Waals surface area contributed by atoms with Crippen molar-refractivity contribution in [3.05, 3.63) is 0 Å². The summed E-state index contributed by atoms with van der Waals surface area (Å²) in [5.74, 6) is -0.0544. The molecule has 14 heavy (non-hydrogen) atoms.